The number of nitrogens with zero attached hydrogens (tertiary/aromatic N) is 2. The van der Waals surface area contributed by atoms with E-state index in [9.17, 15) is 9.59 Å². The van der Waals surface area contributed by atoms with Gasteiger partial charge in [0.1, 0.15) is 11.4 Å². The van der Waals surface area contributed by atoms with Crippen molar-refractivity contribution >= 4 is 23.5 Å². The lowest BCUT2D eigenvalue weighted by molar-refractivity contribution is -0.142. The number of carbonyl (C=O) groups is 2. The topological polar surface area (TPSA) is 105 Å². The van der Waals surface area contributed by atoms with Gasteiger partial charge in [0, 0.05) is 24.7 Å². The predicted octanol–water partition coefficient (Wildman–Crippen LogP) is 7.81. The number of benzene rings is 3. The fraction of sp³-hybridized carbons (Fsp3) is 0.250. The van der Waals surface area contributed by atoms with Crippen LogP contribution in [0.25, 0.3) is 0 Å². The number of nitrogens with one attached hydrogen (secondary N) is 3. The molecule has 1 unspecified atom stereocenters. The van der Waals surface area contributed by atoms with E-state index >= 15 is 0 Å². The van der Waals surface area contributed by atoms with E-state index in [0.717, 1.165) is 34.2 Å². The number of ether oxygens (including phenoxy) is 1. The highest BCUT2D eigenvalue weighted by molar-refractivity contribution is 6.03. The Labute approximate surface area is 283 Å². The molecule has 3 aromatic carbocycles. The molecule has 1 aromatic heterocycles. The van der Waals surface area contributed by atoms with Crippen LogP contribution in [0.5, 0.6) is 0 Å². The van der Waals surface area contributed by atoms with Gasteiger partial charge < -0.3 is 10.1 Å². The zero-order chi connectivity index (χ0) is 33.8. The highest BCUT2D eigenvalue weighted by Gasteiger charge is 2.40. The van der Waals surface area contributed by atoms with Crippen LogP contribution in [-0.4, -0.2) is 29.3 Å². The second-order valence-electron chi connectivity index (χ2n) is 11.8. The van der Waals surface area contributed by atoms with Crippen LogP contribution < -0.4 is 16.1 Å². The van der Waals surface area contributed by atoms with Crippen molar-refractivity contribution in [3.8, 4) is 0 Å². The third-order valence-corrected chi connectivity index (χ3v) is 8.47. The molecule has 1 heterocycles. The van der Waals surface area contributed by atoms with Crippen LogP contribution in [0.2, 0.25) is 0 Å². The summed E-state index contributed by atoms with van der Waals surface area (Å²) in [7, 11) is 0. The summed E-state index contributed by atoms with van der Waals surface area (Å²) < 4.78 is 5.27. The minimum atomic E-state index is -0.790. The largest absolute Gasteiger partial charge is 0.466 e. The van der Waals surface area contributed by atoms with E-state index in [2.05, 4.69) is 70.5 Å². The van der Waals surface area contributed by atoms with Gasteiger partial charge in [-0.2, -0.15) is 5.10 Å². The second-order valence-corrected chi connectivity index (χ2v) is 11.8. The Morgan fingerprint density at radius 2 is 1.58 bits per heavy atom. The first kappa shape index (κ1) is 33.9. The van der Waals surface area contributed by atoms with Crippen molar-refractivity contribution in [2.75, 3.05) is 11.9 Å². The molecule has 3 N–H and O–H groups in total. The van der Waals surface area contributed by atoms with Crippen LogP contribution in [0.1, 0.15) is 60.9 Å². The molecule has 1 atom stereocenters. The van der Waals surface area contributed by atoms with E-state index < -0.39 is 5.54 Å². The second kappa shape index (κ2) is 16.4. The average molecular weight is 642 g/mol. The molecule has 0 aliphatic heterocycles. The van der Waals surface area contributed by atoms with Gasteiger partial charge in [-0.1, -0.05) is 116 Å². The van der Waals surface area contributed by atoms with Crippen molar-refractivity contribution in [1.82, 2.24) is 15.7 Å². The lowest BCUT2D eigenvalue weighted by Crippen LogP contribution is -2.45. The number of anilines is 1. The SMILES string of the molecule is CCOC(=O)CC/C(=N/NC(C1=CC=CCC1C)(c1ccccc1)c1ccccc1)c1cnc(NC(=O)NCc2ccccc2)cc1C. The first-order valence-electron chi connectivity index (χ1n) is 16.4. The van der Waals surface area contributed by atoms with Gasteiger partial charge in [-0.05, 0) is 60.1 Å². The number of aryl methyl sites for hydroxylation is 1. The van der Waals surface area contributed by atoms with Crippen molar-refractivity contribution < 1.29 is 14.3 Å². The van der Waals surface area contributed by atoms with Gasteiger partial charge in [0.05, 0.1) is 18.7 Å². The summed E-state index contributed by atoms with van der Waals surface area (Å²) in [6.45, 7) is 6.68. The van der Waals surface area contributed by atoms with Gasteiger partial charge in [0.25, 0.3) is 0 Å². The third kappa shape index (κ3) is 8.25. The fourth-order valence-corrected chi connectivity index (χ4v) is 6.03. The Kier molecular flexibility index (Phi) is 11.5. The lowest BCUT2D eigenvalue weighted by Gasteiger charge is -2.40. The van der Waals surface area contributed by atoms with Gasteiger partial charge in [-0.25, -0.2) is 9.78 Å². The summed E-state index contributed by atoms with van der Waals surface area (Å²) in [5, 5.41) is 10.8. The molecule has 5 rings (SSSR count). The quantitative estimate of drug-likeness (QED) is 0.0785. The first-order chi connectivity index (χ1) is 23.4. The summed E-state index contributed by atoms with van der Waals surface area (Å²) in [4.78, 5) is 29.8. The number of hydrogen-bond acceptors (Lipinski definition) is 6. The van der Waals surface area contributed by atoms with Crippen molar-refractivity contribution in [1.29, 1.82) is 0 Å². The fourth-order valence-electron chi connectivity index (χ4n) is 6.03. The summed E-state index contributed by atoms with van der Waals surface area (Å²) in [6, 6.07) is 31.8. The Morgan fingerprint density at radius 3 is 2.19 bits per heavy atom. The molecule has 0 fully saturated rings. The summed E-state index contributed by atoms with van der Waals surface area (Å²) >= 11 is 0. The van der Waals surface area contributed by atoms with Crippen LogP contribution in [-0.2, 0) is 21.6 Å². The molecule has 4 aromatic rings. The van der Waals surface area contributed by atoms with E-state index in [0.29, 0.717) is 31.1 Å². The van der Waals surface area contributed by atoms with Crippen molar-refractivity contribution in [2.24, 2.45) is 11.0 Å². The monoisotopic (exact) mass is 641 g/mol. The minimum Gasteiger partial charge on any atom is -0.466 e. The van der Waals surface area contributed by atoms with Gasteiger partial charge in [0.15, 0.2) is 0 Å². The highest BCUT2D eigenvalue weighted by atomic mass is 16.5. The molecule has 246 valence electrons. The number of pyridine rings is 1. The molecule has 0 radical (unpaired) electrons. The van der Waals surface area contributed by atoms with Gasteiger partial charge in [-0.3, -0.25) is 15.5 Å². The molecular weight excluding hydrogens is 598 g/mol. The molecule has 48 heavy (non-hydrogen) atoms. The Hall–Kier alpha value is -5.50. The van der Waals surface area contributed by atoms with Crippen LogP contribution in [0.3, 0.4) is 0 Å². The number of rotatable bonds is 13. The van der Waals surface area contributed by atoms with Gasteiger partial charge in [0.2, 0.25) is 0 Å². The number of hydrogen-bond donors (Lipinski definition) is 3. The standard InChI is InChI=1S/C40H43N5O3/c1-4-48-38(46)25-24-36(34-28-41-37(26-30(34)3)43-39(47)42-27-31-17-8-5-9-18-31)44-45-40(32-19-10-6-11-20-32,33-21-12-7-13-22-33)35-23-15-14-16-29(35)2/h5-15,17-23,26,28-29,45H,4,16,24-25,27H2,1-3H3,(H2,41,42,43,47)/b44-36-. The smallest absolute Gasteiger partial charge is 0.320 e. The molecule has 0 saturated carbocycles. The normalized spacial score (nSPS) is 14.5. The zero-order valence-corrected chi connectivity index (χ0v) is 27.8. The predicted molar refractivity (Wildman–Crippen MR) is 191 cm³/mol. The molecule has 8 heteroatoms. The van der Waals surface area contributed by atoms with E-state index in [1.54, 1.807) is 13.1 Å². The first-order valence-corrected chi connectivity index (χ1v) is 16.4. The molecule has 0 bridgehead atoms. The van der Waals surface area contributed by atoms with Crippen molar-refractivity contribution in [3.63, 3.8) is 0 Å². The zero-order valence-electron chi connectivity index (χ0n) is 27.8. The van der Waals surface area contributed by atoms with E-state index in [4.69, 9.17) is 9.84 Å². The number of carbonyl (C=O) groups excluding carboxylic acids is 2. The lowest BCUT2D eigenvalue weighted by atomic mass is 9.71. The molecular formula is C40H43N5O3. The van der Waals surface area contributed by atoms with Crippen LogP contribution in [0, 0.1) is 12.8 Å². The number of amides is 2. The van der Waals surface area contributed by atoms with Crippen LogP contribution in [0.4, 0.5) is 10.6 Å². The maximum atomic E-state index is 12.7. The maximum Gasteiger partial charge on any atom is 0.320 e. The van der Waals surface area contributed by atoms with Crippen molar-refractivity contribution in [2.45, 2.75) is 52.1 Å². The summed E-state index contributed by atoms with van der Waals surface area (Å²) in [6.07, 6.45) is 9.57. The maximum absolute atomic E-state index is 12.7. The van der Waals surface area contributed by atoms with Crippen molar-refractivity contribution in [3.05, 3.63) is 155 Å². The summed E-state index contributed by atoms with van der Waals surface area (Å²) in [5.41, 5.74) is 9.42. The number of allylic oxidation sites excluding steroid dienone is 3. The molecule has 0 saturated heterocycles. The van der Waals surface area contributed by atoms with Crippen LogP contribution >= 0.6 is 0 Å². The Morgan fingerprint density at radius 1 is 0.938 bits per heavy atom. The molecule has 1 aliphatic rings. The average Bonchev–Trinajstić information content (AvgIpc) is 3.11. The number of urea groups is 1. The molecule has 0 spiro atoms. The van der Waals surface area contributed by atoms with Crippen LogP contribution in [0.15, 0.2) is 132 Å². The number of hydrazone groups is 1. The Bertz CT molecular complexity index is 1730. The molecule has 2 amide bonds. The Balaban J connectivity index is 1.51. The van der Waals surface area contributed by atoms with E-state index in [1.807, 2.05) is 79.7 Å². The number of esters is 1. The highest BCUT2D eigenvalue weighted by Crippen LogP contribution is 2.42. The minimum absolute atomic E-state index is 0.154. The van der Waals surface area contributed by atoms with Gasteiger partial charge >= 0.3 is 12.0 Å². The molecule has 8 nitrogen and oxygen atoms in total. The molecule has 1 aliphatic carbocycles. The van der Waals surface area contributed by atoms with Gasteiger partial charge in [-0.15, -0.1) is 0 Å². The van der Waals surface area contributed by atoms with E-state index in [1.165, 1.54) is 5.57 Å². The summed E-state index contributed by atoms with van der Waals surface area (Å²) in [5.74, 6) is 0.355. The van der Waals surface area contributed by atoms with E-state index in [-0.39, 0.29) is 24.3 Å². The number of aromatic nitrogens is 1. The third-order valence-electron chi connectivity index (χ3n) is 8.47.